The van der Waals surface area contributed by atoms with Gasteiger partial charge in [-0.05, 0) is 55.7 Å². The number of halogens is 2. The molecule has 1 aliphatic heterocycles. The fraction of sp³-hybridized carbons (Fsp3) is 0.333. The van der Waals surface area contributed by atoms with Gasteiger partial charge in [0.15, 0.2) is 11.5 Å². The average molecular weight is 477 g/mol. The van der Waals surface area contributed by atoms with E-state index in [1.54, 1.807) is 36.4 Å². The first kappa shape index (κ1) is 22.5. The Kier molecular flexibility index (Phi) is 6.63. The summed E-state index contributed by atoms with van der Waals surface area (Å²) >= 11 is 12.1. The van der Waals surface area contributed by atoms with E-state index >= 15 is 0 Å². The van der Waals surface area contributed by atoms with Crippen LogP contribution in [-0.2, 0) is 25.7 Å². The van der Waals surface area contributed by atoms with E-state index in [4.69, 9.17) is 42.1 Å². The Bertz CT molecular complexity index is 1050. The lowest BCUT2D eigenvalue weighted by molar-refractivity contribution is -0.232. The average Bonchev–Trinajstić information content (AvgIpc) is 3.19. The van der Waals surface area contributed by atoms with Crippen LogP contribution in [0.4, 0.5) is 0 Å². The zero-order valence-electron chi connectivity index (χ0n) is 17.5. The highest BCUT2D eigenvalue weighted by molar-refractivity contribution is 6.35. The van der Waals surface area contributed by atoms with E-state index in [2.05, 4.69) is 0 Å². The number of carbonyl (C=O) groups excluding carboxylic acids is 2. The summed E-state index contributed by atoms with van der Waals surface area (Å²) in [6.07, 6.45) is 4.24. The Morgan fingerprint density at radius 3 is 2.34 bits per heavy atom. The van der Waals surface area contributed by atoms with Crippen molar-refractivity contribution >= 4 is 41.2 Å². The maximum absolute atomic E-state index is 12.5. The lowest BCUT2D eigenvalue weighted by atomic mass is 10.1. The first-order valence-corrected chi connectivity index (χ1v) is 11.2. The Labute approximate surface area is 196 Å². The van der Waals surface area contributed by atoms with Gasteiger partial charge in [-0.3, -0.25) is 0 Å². The van der Waals surface area contributed by atoms with E-state index in [0.717, 1.165) is 18.4 Å². The fourth-order valence-electron chi connectivity index (χ4n) is 3.75. The van der Waals surface area contributed by atoms with Gasteiger partial charge in [0.1, 0.15) is 12.2 Å². The van der Waals surface area contributed by atoms with Gasteiger partial charge in [0.25, 0.3) is 5.79 Å². The summed E-state index contributed by atoms with van der Waals surface area (Å²) < 4.78 is 22.5. The predicted molar refractivity (Wildman–Crippen MR) is 120 cm³/mol. The molecule has 0 bridgehead atoms. The van der Waals surface area contributed by atoms with Crippen molar-refractivity contribution in [2.45, 2.75) is 45.0 Å². The largest absolute Gasteiger partial charge is 0.490 e. The molecule has 0 aromatic heterocycles. The van der Waals surface area contributed by atoms with Crippen LogP contribution in [0, 0.1) is 0 Å². The topological polar surface area (TPSA) is 71.1 Å². The summed E-state index contributed by atoms with van der Waals surface area (Å²) in [4.78, 5) is 25.0. The minimum Gasteiger partial charge on any atom is -0.490 e. The van der Waals surface area contributed by atoms with Gasteiger partial charge in [0, 0.05) is 28.5 Å². The molecule has 32 heavy (non-hydrogen) atoms. The quantitative estimate of drug-likeness (QED) is 0.301. The van der Waals surface area contributed by atoms with E-state index in [9.17, 15) is 9.59 Å². The summed E-state index contributed by atoms with van der Waals surface area (Å²) in [5.74, 6) is -1.46. The van der Waals surface area contributed by atoms with Crippen molar-refractivity contribution in [1.29, 1.82) is 0 Å². The number of hydrogen-bond donors (Lipinski definition) is 0. The molecular formula is C24H22Cl2O6. The van der Waals surface area contributed by atoms with Gasteiger partial charge in [-0.15, -0.1) is 0 Å². The normalized spacial score (nSPS) is 17.2. The molecule has 0 N–H and O–H groups in total. The molecule has 2 aromatic rings. The zero-order chi connectivity index (χ0) is 22.7. The van der Waals surface area contributed by atoms with E-state index in [0.29, 0.717) is 46.6 Å². The summed E-state index contributed by atoms with van der Waals surface area (Å²) in [7, 11) is 0. The molecule has 1 saturated heterocycles. The van der Waals surface area contributed by atoms with Gasteiger partial charge in [-0.1, -0.05) is 35.3 Å². The maximum Gasteiger partial charge on any atom is 0.348 e. The van der Waals surface area contributed by atoms with Crippen molar-refractivity contribution in [2.24, 2.45) is 0 Å². The number of rotatable bonds is 6. The molecule has 1 saturated carbocycles. The second-order valence-electron chi connectivity index (χ2n) is 7.62. The van der Waals surface area contributed by atoms with Gasteiger partial charge in [-0.25, -0.2) is 9.59 Å². The van der Waals surface area contributed by atoms with Crippen LogP contribution in [0.2, 0.25) is 10.0 Å². The van der Waals surface area contributed by atoms with Crippen LogP contribution in [0.25, 0.3) is 6.08 Å². The first-order valence-electron chi connectivity index (χ1n) is 10.4. The smallest absolute Gasteiger partial charge is 0.348 e. The molecule has 2 fully saturated rings. The number of carbonyl (C=O) groups is 2. The van der Waals surface area contributed by atoms with Gasteiger partial charge in [0.05, 0.1) is 6.61 Å². The van der Waals surface area contributed by atoms with Crippen LogP contribution in [0.1, 0.15) is 43.7 Å². The van der Waals surface area contributed by atoms with Crippen LogP contribution in [0.3, 0.4) is 0 Å². The fourth-order valence-corrected chi connectivity index (χ4v) is 4.21. The van der Waals surface area contributed by atoms with Gasteiger partial charge < -0.3 is 18.9 Å². The molecule has 1 aliphatic carbocycles. The molecule has 0 radical (unpaired) electrons. The summed E-state index contributed by atoms with van der Waals surface area (Å²) in [6, 6.07) is 10.3. The Morgan fingerprint density at radius 1 is 0.969 bits per heavy atom. The molecule has 0 unspecified atom stereocenters. The Hall–Kier alpha value is -2.70. The number of benzene rings is 2. The van der Waals surface area contributed by atoms with Crippen molar-refractivity contribution in [3.05, 3.63) is 63.1 Å². The van der Waals surface area contributed by atoms with Gasteiger partial charge >= 0.3 is 11.9 Å². The molecule has 8 heteroatoms. The lowest BCUT2D eigenvalue weighted by Crippen LogP contribution is -2.44. The van der Waals surface area contributed by atoms with Gasteiger partial charge in [-0.2, -0.15) is 0 Å². The molecule has 1 spiro atoms. The third kappa shape index (κ3) is 4.87. The molecule has 2 aromatic carbocycles. The summed E-state index contributed by atoms with van der Waals surface area (Å²) in [5, 5.41) is 1.05. The van der Waals surface area contributed by atoms with Crippen LogP contribution >= 0.6 is 23.2 Å². The number of esters is 2. The third-order valence-electron chi connectivity index (χ3n) is 5.34. The molecule has 4 rings (SSSR count). The highest BCUT2D eigenvalue weighted by Crippen LogP contribution is 2.39. The van der Waals surface area contributed by atoms with Crippen molar-refractivity contribution in [3.63, 3.8) is 0 Å². The van der Waals surface area contributed by atoms with Gasteiger partial charge in [0.2, 0.25) is 0 Å². The Balaban J connectivity index is 1.53. The lowest BCUT2D eigenvalue weighted by Gasteiger charge is -2.32. The number of ether oxygens (including phenoxy) is 4. The predicted octanol–water partition coefficient (Wildman–Crippen LogP) is 5.72. The molecule has 0 atom stereocenters. The van der Waals surface area contributed by atoms with Crippen LogP contribution in [0.15, 0.2) is 42.0 Å². The number of hydrogen-bond acceptors (Lipinski definition) is 6. The molecule has 1 heterocycles. The second kappa shape index (κ2) is 9.43. The van der Waals surface area contributed by atoms with Crippen LogP contribution in [-0.4, -0.2) is 24.3 Å². The second-order valence-corrected chi connectivity index (χ2v) is 8.46. The van der Waals surface area contributed by atoms with E-state index < -0.39 is 17.7 Å². The summed E-state index contributed by atoms with van der Waals surface area (Å²) in [5.41, 5.74) is 1.21. The van der Waals surface area contributed by atoms with E-state index in [-0.39, 0.29) is 12.2 Å². The van der Waals surface area contributed by atoms with Crippen molar-refractivity contribution in [3.8, 4) is 11.5 Å². The van der Waals surface area contributed by atoms with Crippen molar-refractivity contribution < 1.29 is 28.5 Å². The van der Waals surface area contributed by atoms with Crippen molar-refractivity contribution in [2.75, 3.05) is 6.61 Å². The molecule has 168 valence electrons. The first-order chi connectivity index (χ1) is 15.4. The highest BCUT2D eigenvalue weighted by atomic mass is 35.5. The minimum atomic E-state index is -1.09. The molecular weight excluding hydrogens is 455 g/mol. The molecule has 6 nitrogen and oxygen atoms in total. The monoisotopic (exact) mass is 476 g/mol. The zero-order valence-corrected chi connectivity index (χ0v) is 19.0. The van der Waals surface area contributed by atoms with Crippen LogP contribution in [0.5, 0.6) is 11.5 Å². The highest BCUT2D eigenvalue weighted by Gasteiger charge is 2.47. The SMILES string of the molecule is CCOc1cc(C=C2C(=O)OC3(CCCC3)OC2=O)ccc1OCc1ccc(Cl)cc1Cl. The van der Waals surface area contributed by atoms with Crippen LogP contribution < -0.4 is 9.47 Å². The van der Waals surface area contributed by atoms with Crippen molar-refractivity contribution in [1.82, 2.24) is 0 Å². The molecule has 0 amide bonds. The van der Waals surface area contributed by atoms with E-state index in [1.807, 2.05) is 6.92 Å². The Morgan fingerprint density at radius 2 is 1.69 bits per heavy atom. The third-order valence-corrected chi connectivity index (χ3v) is 5.93. The minimum absolute atomic E-state index is 0.147. The maximum atomic E-state index is 12.5. The standard InChI is InChI=1S/C24H22Cl2O6/c1-2-29-21-12-15(5-8-20(21)30-14-16-6-7-17(25)13-19(16)26)11-18-22(27)31-24(32-23(18)28)9-3-4-10-24/h5-8,11-13H,2-4,9-10,14H2,1H3. The van der Waals surface area contributed by atoms with E-state index in [1.165, 1.54) is 6.08 Å². The summed E-state index contributed by atoms with van der Waals surface area (Å²) in [6.45, 7) is 2.48. The molecule has 2 aliphatic rings.